The van der Waals surface area contributed by atoms with Gasteiger partial charge in [-0.2, -0.15) is 5.10 Å². The van der Waals surface area contributed by atoms with Gasteiger partial charge in [0.15, 0.2) is 17.1 Å². The molecule has 0 radical (unpaired) electrons. The van der Waals surface area contributed by atoms with E-state index in [0.717, 1.165) is 31.1 Å². The Balaban J connectivity index is 1.41. The van der Waals surface area contributed by atoms with Gasteiger partial charge in [0.25, 0.3) is 11.5 Å². The first-order chi connectivity index (χ1) is 13.2. The van der Waals surface area contributed by atoms with Crippen molar-refractivity contribution < 1.29 is 13.9 Å². The molecule has 1 fully saturated rings. The van der Waals surface area contributed by atoms with Crippen LogP contribution in [-0.2, 0) is 0 Å². The first kappa shape index (κ1) is 17.3. The number of ether oxygens (including phenoxy) is 1. The number of nitrogens with one attached hydrogen (secondary N) is 1. The van der Waals surface area contributed by atoms with E-state index in [2.05, 4.69) is 10.4 Å². The molecule has 2 aromatic heterocycles. The van der Waals surface area contributed by atoms with Gasteiger partial charge in [0.2, 0.25) is 0 Å². The molecule has 2 heterocycles. The first-order valence-corrected chi connectivity index (χ1v) is 9.07. The van der Waals surface area contributed by atoms with Gasteiger partial charge in [-0.05, 0) is 43.9 Å². The van der Waals surface area contributed by atoms with Gasteiger partial charge in [0, 0.05) is 23.7 Å². The average molecular weight is 367 g/mol. The van der Waals surface area contributed by atoms with Gasteiger partial charge in [0.1, 0.15) is 0 Å². The predicted molar refractivity (Wildman–Crippen MR) is 100 cm³/mol. The third kappa shape index (κ3) is 3.45. The summed E-state index contributed by atoms with van der Waals surface area (Å²) in [6.07, 6.45) is 4.82. The molecule has 7 heteroatoms. The summed E-state index contributed by atoms with van der Waals surface area (Å²) in [5, 5.41) is 8.04. The van der Waals surface area contributed by atoms with Gasteiger partial charge < -0.3 is 14.5 Å². The Labute approximate surface area is 155 Å². The topological polar surface area (TPSA) is 86.4 Å². The van der Waals surface area contributed by atoms with Crippen molar-refractivity contribution >= 4 is 16.9 Å². The van der Waals surface area contributed by atoms with E-state index >= 15 is 0 Å². The monoisotopic (exact) mass is 367 g/mol. The van der Waals surface area contributed by atoms with Crippen molar-refractivity contribution in [3.05, 3.63) is 58.7 Å². The number of para-hydroxylation sites is 1. The van der Waals surface area contributed by atoms with E-state index in [1.54, 1.807) is 36.2 Å². The van der Waals surface area contributed by atoms with Crippen LogP contribution in [0.3, 0.4) is 0 Å². The summed E-state index contributed by atoms with van der Waals surface area (Å²) in [5.41, 5.74) is 0.490. The highest BCUT2D eigenvalue weighted by atomic mass is 16.5. The van der Waals surface area contributed by atoms with Crippen molar-refractivity contribution in [3.8, 4) is 5.75 Å². The molecule has 27 heavy (non-hydrogen) atoms. The molecule has 0 aliphatic heterocycles. The van der Waals surface area contributed by atoms with Gasteiger partial charge in [-0.25, -0.2) is 4.68 Å². The Bertz CT molecular complexity index is 1020. The van der Waals surface area contributed by atoms with Crippen LogP contribution in [0.25, 0.3) is 11.0 Å². The van der Waals surface area contributed by atoms with E-state index in [0.29, 0.717) is 11.3 Å². The fourth-order valence-corrected chi connectivity index (χ4v) is 3.67. The number of hydrogen-bond donors (Lipinski definition) is 1. The molecule has 1 amide bonds. The van der Waals surface area contributed by atoms with E-state index in [-0.39, 0.29) is 29.3 Å². The second-order valence-corrected chi connectivity index (χ2v) is 6.77. The van der Waals surface area contributed by atoms with Crippen LogP contribution < -0.4 is 15.6 Å². The molecular weight excluding hydrogens is 346 g/mol. The lowest BCUT2D eigenvalue weighted by Gasteiger charge is -2.29. The van der Waals surface area contributed by atoms with E-state index in [9.17, 15) is 9.59 Å². The number of nitrogens with zero attached hydrogens (tertiary/aromatic N) is 2. The summed E-state index contributed by atoms with van der Waals surface area (Å²) >= 11 is 0. The van der Waals surface area contributed by atoms with Crippen LogP contribution in [0.1, 0.15) is 42.3 Å². The van der Waals surface area contributed by atoms with Crippen molar-refractivity contribution in [1.82, 2.24) is 15.1 Å². The minimum absolute atomic E-state index is 0.0586. The number of carbonyl (C=O) groups is 1. The zero-order chi connectivity index (χ0) is 18.8. The van der Waals surface area contributed by atoms with Gasteiger partial charge in [-0.3, -0.25) is 9.59 Å². The molecular formula is C20H21N3O4. The van der Waals surface area contributed by atoms with Gasteiger partial charge in [-0.15, -0.1) is 0 Å². The molecule has 1 aromatic carbocycles. The molecule has 0 unspecified atom stereocenters. The highest BCUT2D eigenvalue weighted by Gasteiger charge is 2.26. The van der Waals surface area contributed by atoms with Crippen LogP contribution in [0.2, 0.25) is 0 Å². The number of hydrogen-bond acceptors (Lipinski definition) is 5. The quantitative estimate of drug-likeness (QED) is 0.766. The minimum Gasteiger partial charge on any atom is -0.493 e. The zero-order valence-corrected chi connectivity index (χ0v) is 15.1. The summed E-state index contributed by atoms with van der Waals surface area (Å²) < 4.78 is 12.5. The maximum Gasteiger partial charge on any atom is 0.287 e. The number of benzene rings is 1. The summed E-state index contributed by atoms with van der Waals surface area (Å²) in [4.78, 5) is 24.5. The van der Waals surface area contributed by atoms with Crippen LogP contribution in [0.4, 0.5) is 0 Å². The van der Waals surface area contributed by atoms with Crippen LogP contribution in [-0.4, -0.2) is 28.8 Å². The zero-order valence-electron chi connectivity index (χ0n) is 15.1. The Kier molecular flexibility index (Phi) is 4.66. The first-order valence-electron chi connectivity index (χ1n) is 9.07. The van der Waals surface area contributed by atoms with Gasteiger partial charge >= 0.3 is 0 Å². The van der Waals surface area contributed by atoms with E-state index in [1.807, 2.05) is 12.1 Å². The third-order valence-corrected chi connectivity index (χ3v) is 5.07. The number of fused-ring (bicyclic) bond motifs is 1. The molecule has 0 bridgehead atoms. The molecule has 0 spiro atoms. The lowest BCUT2D eigenvalue weighted by atomic mass is 9.91. The number of amides is 1. The normalized spacial score (nSPS) is 19.7. The lowest BCUT2D eigenvalue weighted by molar-refractivity contribution is 0.0895. The molecule has 1 saturated carbocycles. The molecule has 4 rings (SSSR count). The second-order valence-electron chi connectivity index (χ2n) is 6.77. The molecule has 0 atom stereocenters. The highest BCUT2D eigenvalue weighted by molar-refractivity contribution is 5.97. The molecule has 1 aliphatic carbocycles. The van der Waals surface area contributed by atoms with Crippen molar-refractivity contribution in [2.45, 2.75) is 37.8 Å². The molecule has 7 nitrogen and oxygen atoms in total. The van der Waals surface area contributed by atoms with Crippen molar-refractivity contribution in [2.24, 2.45) is 0 Å². The number of carbonyl (C=O) groups excluding carboxylic acids is 1. The third-order valence-electron chi connectivity index (χ3n) is 5.07. The van der Waals surface area contributed by atoms with Crippen molar-refractivity contribution in [3.63, 3.8) is 0 Å². The van der Waals surface area contributed by atoms with Crippen LogP contribution in [0.15, 0.2) is 51.8 Å². The Hall–Kier alpha value is -3.09. The minimum atomic E-state index is -0.230. The standard InChI is InChI=1S/C20H21N3O4/c1-26-16-5-2-4-13-12-17(27-19(13)16)20(25)22-14-7-9-15(10-8-14)23-18(24)6-3-11-21-23/h2-6,11-12,14-15H,7-10H2,1H3,(H,22,25). The summed E-state index contributed by atoms with van der Waals surface area (Å²) in [6.45, 7) is 0. The van der Waals surface area contributed by atoms with E-state index < -0.39 is 0 Å². The molecule has 0 saturated heterocycles. The SMILES string of the molecule is COc1cccc2cc(C(=O)NC3CCC(n4ncccc4=O)CC3)oc12. The molecule has 3 aromatic rings. The number of methoxy groups -OCH3 is 1. The summed E-state index contributed by atoms with van der Waals surface area (Å²) in [7, 11) is 1.57. The number of furan rings is 1. The second kappa shape index (κ2) is 7.26. The van der Waals surface area contributed by atoms with Crippen LogP contribution >= 0.6 is 0 Å². The smallest absolute Gasteiger partial charge is 0.287 e. The fourth-order valence-electron chi connectivity index (χ4n) is 3.67. The predicted octanol–water partition coefficient (Wildman–Crippen LogP) is 2.91. The van der Waals surface area contributed by atoms with Gasteiger partial charge in [0.05, 0.1) is 13.2 Å². The van der Waals surface area contributed by atoms with Gasteiger partial charge in [-0.1, -0.05) is 12.1 Å². The number of rotatable bonds is 4. The molecule has 140 valence electrons. The Morgan fingerprint density at radius 3 is 2.78 bits per heavy atom. The van der Waals surface area contributed by atoms with Crippen molar-refractivity contribution in [2.75, 3.05) is 7.11 Å². The summed E-state index contributed by atoms with van der Waals surface area (Å²) in [5.74, 6) is 0.650. The Morgan fingerprint density at radius 1 is 1.22 bits per heavy atom. The maximum absolute atomic E-state index is 12.6. The van der Waals surface area contributed by atoms with Crippen LogP contribution in [0.5, 0.6) is 5.75 Å². The largest absolute Gasteiger partial charge is 0.493 e. The lowest BCUT2D eigenvalue weighted by Crippen LogP contribution is -2.39. The highest BCUT2D eigenvalue weighted by Crippen LogP contribution is 2.30. The average Bonchev–Trinajstić information content (AvgIpc) is 3.14. The van der Waals surface area contributed by atoms with E-state index in [4.69, 9.17) is 9.15 Å². The number of aromatic nitrogens is 2. The van der Waals surface area contributed by atoms with E-state index in [1.165, 1.54) is 6.07 Å². The molecule has 1 aliphatic rings. The maximum atomic E-state index is 12.6. The van der Waals surface area contributed by atoms with Crippen LogP contribution in [0, 0.1) is 0 Å². The summed E-state index contributed by atoms with van der Waals surface area (Å²) in [6, 6.07) is 10.6. The Morgan fingerprint density at radius 2 is 2.04 bits per heavy atom. The van der Waals surface area contributed by atoms with Crippen molar-refractivity contribution in [1.29, 1.82) is 0 Å². The fraction of sp³-hybridized carbons (Fsp3) is 0.350. The molecule has 1 N–H and O–H groups in total.